The van der Waals surface area contributed by atoms with Crippen LogP contribution in [0.4, 0.5) is 4.79 Å². The maximum atomic E-state index is 12.2. The Morgan fingerprint density at radius 3 is 2.56 bits per heavy atom. The van der Waals surface area contributed by atoms with E-state index in [0.29, 0.717) is 19.0 Å². The Balaban J connectivity index is 1.89. The number of aromatic nitrogens is 1. The lowest BCUT2D eigenvalue weighted by molar-refractivity contribution is -0.134. The highest BCUT2D eigenvalue weighted by Gasteiger charge is 2.26. The fourth-order valence-electron chi connectivity index (χ4n) is 3.14. The van der Waals surface area contributed by atoms with Gasteiger partial charge >= 0.3 is 12.1 Å². The van der Waals surface area contributed by atoms with Gasteiger partial charge in [-0.3, -0.25) is 4.98 Å². The minimum absolute atomic E-state index is 0.234. The zero-order valence-electron chi connectivity index (χ0n) is 16.7. The van der Waals surface area contributed by atoms with E-state index < -0.39 is 5.60 Å². The van der Waals surface area contributed by atoms with Crippen molar-refractivity contribution in [3.05, 3.63) is 36.2 Å². The number of carbonyl (C=O) groups is 2. The van der Waals surface area contributed by atoms with E-state index >= 15 is 0 Å². The smallest absolute Gasteiger partial charge is 0.410 e. The lowest BCUT2D eigenvalue weighted by Gasteiger charge is -2.33. The highest BCUT2D eigenvalue weighted by Crippen LogP contribution is 2.28. The summed E-state index contributed by atoms with van der Waals surface area (Å²) in [5.74, 6) is 0.162. The van der Waals surface area contributed by atoms with Crippen LogP contribution in [0.2, 0.25) is 0 Å². The number of pyridine rings is 1. The van der Waals surface area contributed by atoms with Gasteiger partial charge in [0, 0.05) is 31.6 Å². The van der Waals surface area contributed by atoms with Crippen molar-refractivity contribution >= 4 is 17.6 Å². The zero-order valence-corrected chi connectivity index (χ0v) is 16.7. The van der Waals surface area contributed by atoms with Crippen LogP contribution < -0.4 is 0 Å². The van der Waals surface area contributed by atoms with E-state index in [1.807, 2.05) is 32.9 Å². The van der Waals surface area contributed by atoms with Crippen LogP contribution in [-0.2, 0) is 14.3 Å². The summed E-state index contributed by atoms with van der Waals surface area (Å²) in [7, 11) is 1.38. The molecule has 0 aliphatic carbocycles. The van der Waals surface area contributed by atoms with Crippen molar-refractivity contribution in [2.75, 3.05) is 20.2 Å². The highest BCUT2D eigenvalue weighted by molar-refractivity contribution is 5.91. The number of methoxy groups -OCH3 is 1. The molecule has 1 amide bonds. The van der Waals surface area contributed by atoms with Gasteiger partial charge in [0.15, 0.2) is 0 Å². The van der Waals surface area contributed by atoms with Crippen LogP contribution in [0.5, 0.6) is 0 Å². The molecule has 0 N–H and O–H groups in total. The van der Waals surface area contributed by atoms with Crippen molar-refractivity contribution in [3.63, 3.8) is 0 Å². The molecule has 1 fully saturated rings. The minimum Gasteiger partial charge on any atom is -0.466 e. The van der Waals surface area contributed by atoms with Crippen LogP contribution in [0, 0.1) is 5.92 Å². The molecule has 0 unspecified atom stereocenters. The van der Waals surface area contributed by atoms with E-state index in [2.05, 4.69) is 4.98 Å². The summed E-state index contributed by atoms with van der Waals surface area (Å²) < 4.78 is 10.2. The number of hydrogen-bond acceptors (Lipinski definition) is 5. The summed E-state index contributed by atoms with van der Waals surface area (Å²) in [6.45, 7) is 7.06. The third-order valence-electron chi connectivity index (χ3n) is 4.61. The molecule has 1 aliphatic heterocycles. The highest BCUT2D eigenvalue weighted by atomic mass is 16.6. The number of rotatable bonds is 5. The molecule has 2 heterocycles. The van der Waals surface area contributed by atoms with Crippen molar-refractivity contribution in [3.8, 4) is 0 Å². The van der Waals surface area contributed by atoms with Gasteiger partial charge in [-0.25, -0.2) is 9.59 Å². The molecule has 148 valence electrons. The van der Waals surface area contributed by atoms with Crippen molar-refractivity contribution < 1.29 is 19.1 Å². The minimum atomic E-state index is -0.467. The zero-order chi connectivity index (χ0) is 19.9. The molecule has 1 aromatic rings. The predicted molar refractivity (Wildman–Crippen MR) is 104 cm³/mol. The van der Waals surface area contributed by atoms with Gasteiger partial charge in [-0.1, -0.05) is 6.07 Å². The van der Waals surface area contributed by atoms with Gasteiger partial charge < -0.3 is 14.4 Å². The number of esters is 1. The summed E-state index contributed by atoms with van der Waals surface area (Å²) in [6, 6.07) is 3.81. The topological polar surface area (TPSA) is 68.7 Å². The maximum Gasteiger partial charge on any atom is 0.410 e. The van der Waals surface area contributed by atoms with E-state index in [1.54, 1.807) is 23.4 Å². The third-order valence-corrected chi connectivity index (χ3v) is 4.61. The van der Waals surface area contributed by atoms with Gasteiger partial charge in [0.2, 0.25) is 0 Å². The summed E-state index contributed by atoms with van der Waals surface area (Å²) in [4.78, 5) is 29.8. The molecule has 0 atom stereocenters. The third kappa shape index (κ3) is 7.04. The van der Waals surface area contributed by atoms with Gasteiger partial charge in [0.1, 0.15) is 5.60 Å². The van der Waals surface area contributed by atoms with E-state index in [0.717, 1.165) is 36.8 Å². The number of hydrogen-bond donors (Lipinski definition) is 0. The van der Waals surface area contributed by atoms with Gasteiger partial charge in [-0.05, 0) is 69.6 Å². The monoisotopic (exact) mass is 374 g/mol. The molecular weight excluding hydrogens is 344 g/mol. The standard InChI is InChI=1S/C21H30N2O4/c1-21(2,3)27-20(25)23-12-9-16(10-13-23)7-8-17(14-19(24)26-4)18-6-5-11-22-15-18/h5-6,11,14-16H,7-10,12-13H2,1-4H3/b17-14-. The van der Waals surface area contributed by atoms with Crippen LogP contribution >= 0.6 is 0 Å². The van der Waals surface area contributed by atoms with E-state index in [9.17, 15) is 9.59 Å². The van der Waals surface area contributed by atoms with Gasteiger partial charge in [-0.2, -0.15) is 0 Å². The lowest BCUT2D eigenvalue weighted by atomic mass is 9.89. The van der Waals surface area contributed by atoms with E-state index in [-0.39, 0.29) is 12.1 Å². The molecule has 0 saturated carbocycles. The fraction of sp³-hybridized carbons (Fsp3) is 0.571. The summed E-state index contributed by atoms with van der Waals surface area (Å²) in [5, 5.41) is 0. The van der Waals surface area contributed by atoms with Crippen LogP contribution in [0.1, 0.15) is 52.0 Å². The maximum absolute atomic E-state index is 12.2. The van der Waals surface area contributed by atoms with Gasteiger partial charge in [0.25, 0.3) is 0 Å². The van der Waals surface area contributed by atoms with Crippen LogP contribution in [0.25, 0.3) is 5.57 Å². The summed E-state index contributed by atoms with van der Waals surface area (Å²) in [6.07, 6.45) is 8.41. The Morgan fingerprint density at radius 2 is 2.00 bits per heavy atom. The molecule has 0 aromatic carbocycles. The second-order valence-corrected chi connectivity index (χ2v) is 7.88. The van der Waals surface area contributed by atoms with Crippen LogP contribution in [0.3, 0.4) is 0 Å². The molecular formula is C21H30N2O4. The predicted octanol–water partition coefficient (Wildman–Crippen LogP) is 4.07. The van der Waals surface area contributed by atoms with E-state index in [1.165, 1.54) is 7.11 Å². The largest absolute Gasteiger partial charge is 0.466 e. The quantitative estimate of drug-likeness (QED) is 0.574. The number of nitrogens with zero attached hydrogens (tertiary/aromatic N) is 2. The molecule has 1 saturated heterocycles. The fourth-order valence-corrected chi connectivity index (χ4v) is 3.14. The molecule has 6 heteroatoms. The Kier molecular flexibility index (Phi) is 7.39. The van der Waals surface area contributed by atoms with Crippen LogP contribution in [0.15, 0.2) is 30.6 Å². The number of allylic oxidation sites excluding steroid dienone is 1. The molecule has 6 nitrogen and oxygen atoms in total. The van der Waals surface area contributed by atoms with Crippen molar-refractivity contribution in [2.45, 2.75) is 52.1 Å². The molecule has 1 aromatic heterocycles. The molecule has 2 rings (SSSR count). The molecule has 1 aliphatic rings. The first-order chi connectivity index (χ1) is 12.8. The average molecular weight is 374 g/mol. The number of amides is 1. The average Bonchev–Trinajstić information content (AvgIpc) is 2.64. The molecule has 0 bridgehead atoms. The van der Waals surface area contributed by atoms with Crippen molar-refractivity contribution in [1.82, 2.24) is 9.88 Å². The summed E-state index contributed by atoms with van der Waals surface area (Å²) in [5.41, 5.74) is 1.41. The number of likely N-dealkylation sites (tertiary alicyclic amines) is 1. The van der Waals surface area contributed by atoms with Gasteiger partial charge in [-0.15, -0.1) is 0 Å². The number of ether oxygens (including phenoxy) is 2. The number of carbonyl (C=O) groups excluding carboxylic acids is 2. The Bertz CT molecular complexity index is 657. The summed E-state index contributed by atoms with van der Waals surface area (Å²) >= 11 is 0. The second-order valence-electron chi connectivity index (χ2n) is 7.88. The molecule has 0 spiro atoms. The first-order valence-corrected chi connectivity index (χ1v) is 9.45. The molecule has 27 heavy (non-hydrogen) atoms. The Labute approximate surface area is 161 Å². The first kappa shape index (κ1) is 20.9. The van der Waals surface area contributed by atoms with Gasteiger partial charge in [0.05, 0.1) is 7.11 Å². The van der Waals surface area contributed by atoms with Crippen LogP contribution in [-0.4, -0.2) is 47.7 Å². The van der Waals surface area contributed by atoms with Crippen molar-refractivity contribution in [2.24, 2.45) is 5.92 Å². The van der Waals surface area contributed by atoms with Crippen molar-refractivity contribution in [1.29, 1.82) is 0 Å². The van der Waals surface area contributed by atoms with E-state index in [4.69, 9.17) is 9.47 Å². The molecule has 0 radical (unpaired) electrons. The Hall–Kier alpha value is -2.37. The lowest BCUT2D eigenvalue weighted by Crippen LogP contribution is -2.41. The normalized spacial score (nSPS) is 16.1. The SMILES string of the molecule is COC(=O)/C=C(/CCC1CCN(C(=O)OC(C)(C)C)CC1)c1cccnc1. The first-order valence-electron chi connectivity index (χ1n) is 9.45. The second kappa shape index (κ2) is 9.53. The Morgan fingerprint density at radius 1 is 1.30 bits per heavy atom. The number of piperidine rings is 1.